The van der Waals surface area contributed by atoms with E-state index >= 15 is 0 Å². The zero-order valence-corrected chi connectivity index (χ0v) is 10.7. The van der Waals surface area contributed by atoms with Crippen LogP contribution in [-0.2, 0) is 4.79 Å². The molecule has 0 spiro atoms. The molecule has 5 nitrogen and oxygen atoms in total. The van der Waals surface area contributed by atoms with Gasteiger partial charge < -0.3 is 15.3 Å². The minimum atomic E-state index is -0.737. The van der Waals surface area contributed by atoms with Gasteiger partial charge in [0.05, 0.1) is 5.92 Å². The van der Waals surface area contributed by atoms with Crippen LogP contribution in [0.4, 0.5) is 4.79 Å². The van der Waals surface area contributed by atoms with Crippen molar-refractivity contribution in [1.29, 1.82) is 0 Å². The molecule has 2 fully saturated rings. The maximum absolute atomic E-state index is 11.8. The zero-order valence-electron chi connectivity index (χ0n) is 10.7. The molecule has 102 valence electrons. The number of carboxylic acids is 1. The van der Waals surface area contributed by atoms with Gasteiger partial charge in [0.2, 0.25) is 0 Å². The highest BCUT2D eigenvalue weighted by atomic mass is 16.4. The Hall–Kier alpha value is -1.26. The van der Waals surface area contributed by atoms with Crippen molar-refractivity contribution in [3.8, 4) is 0 Å². The molecule has 18 heavy (non-hydrogen) atoms. The minimum absolute atomic E-state index is 0.0327. The van der Waals surface area contributed by atoms with Gasteiger partial charge in [-0.25, -0.2) is 4.79 Å². The summed E-state index contributed by atoms with van der Waals surface area (Å²) in [6.07, 6.45) is 6.15. The van der Waals surface area contributed by atoms with Gasteiger partial charge in [-0.1, -0.05) is 12.8 Å². The third-order valence-electron chi connectivity index (χ3n) is 3.89. The van der Waals surface area contributed by atoms with Gasteiger partial charge in [-0.3, -0.25) is 4.79 Å². The summed E-state index contributed by atoms with van der Waals surface area (Å²) in [5.41, 5.74) is 0. The standard InChI is InChI=1S/C13H22N2O3/c16-12(17)11-5-8-15(9-6-11)13(18)14-7-1-2-10-3-4-10/h10-11H,1-9H2,(H,14,18)(H,16,17). The monoisotopic (exact) mass is 254 g/mol. The first-order valence-electron chi connectivity index (χ1n) is 6.92. The highest BCUT2D eigenvalue weighted by Gasteiger charge is 2.26. The molecule has 2 amide bonds. The van der Waals surface area contributed by atoms with Crippen LogP contribution in [0.15, 0.2) is 0 Å². The number of carbonyl (C=O) groups is 2. The Morgan fingerprint density at radius 2 is 1.83 bits per heavy atom. The lowest BCUT2D eigenvalue weighted by atomic mass is 9.97. The summed E-state index contributed by atoms with van der Waals surface area (Å²) < 4.78 is 0. The Bertz CT molecular complexity index is 307. The summed E-state index contributed by atoms with van der Waals surface area (Å²) in [6, 6.07) is -0.0327. The van der Waals surface area contributed by atoms with Crippen molar-refractivity contribution >= 4 is 12.0 Å². The number of carbonyl (C=O) groups excluding carboxylic acids is 1. The van der Waals surface area contributed by atoms with Crippen LogP contribution in [0.2, 0.25) is 0 Å². The van der Waals surface area contributed by atoms with Crippen molar-refractivity contribution in [2.24, 2.45) is 11.8 Å². The second-order valence-electron chi connectivity index (χ2n) is 5.42. The number of piperidine rings is 1. The number of hydrogen-bond acceptors (Lipinski definition) is 2. The molecule has 2 aliphatic rings. The van der Waals surface area contributed by atoms with Crippen LogP contribution in [0.25, 0.3) is 0 Å². The molecule has 0 atom stereocenters. The number of urea groups is 1. The highest BCUT2D eigenvalue weighted by molar-refractivity contribution is 5.75. The summed E-state index contributed by atoms with van der Waals surface area (Å²) in [6.45, 7) is 1.87. The fourth-order valence-electron chi connectivity index (χ4n) is 2.43. The second kappa shape index (κ2) is 6.07. The molecular formula is C13H22N2O3. The fourth-order valence-corrected chi connectivity index (χ4v) is 2.43. The van der Waals surface area contributed by atoms with E-state index in [9.17, 15) is 9.59 Å². The number of amides is 2. The molecule has 2 N–H and O–H groups in total. The molecular weight excluding hydrogens is 232 g/mol. The van der Waals surface area contributed by atoms with Crippen LogP contribution in [0, 0.1) is 11.8 Å². The Morgan fingerprint density at radius 3 is 2.39 bits per heavy atom. The van der Waals surface area contributed by atoms with E-state index in [2.05, 4.69) is 5.32 Å². The number of nitrogens with zero attached hydrogens (tertiary/aromatic N) is 1. The van der Waals surface area contributed by atoms with E-state index in [0.29, 0.717) is 25.9 Å². The van der Waals surface area contributed by atoms with Crippen LogP contribution >= 0.6 is 0 Å². The molecule has 1 heterocycles. The lowest BCUT2D eigenvalue weighted by Gasteiger charge is -2.30. The van der Waals surface area contributed by atoms with E-state index < -0.39 is 5.97 Å². The summed E-state index contributed by atoms with van der Waals surface area (Å²) in [5, 5.41) is 11.8. The van der Waals surface area contributed by atoms with Crippen molar-refractivity contribution in [3.63, 3.8) is 0 Å². The Labute approximate surface area is 108 Å². The molecule has 0 unspecified atom stereocenters. The molecule has 2 rings (SSSR count). The molecule has 1 aliphatic carbocycles. The van der Waals surface area contributed by atoms with Crippen LogP contribution in [0.5, 0.6) is 0 Å². The zero-order chi connectivity index (χ0) is 13.0. The normalized spacial score (nSPS) is 20.8. The lowest BCUT2D eigenvalue weighted by Crippen LogP contribution is -2.45. The molecule has 1 saturated heterocycles. The summed E-state index contributed by atoms with van der Waals surface area (Å²) in [7, 11) is 0. The third-order valence-corrected chi connectivity index (χ3v) is 3.89. The first-order valence-corrected chi connectivity index (χ1v) is 6.92. The van der Waals surface area contributed by atoms with Gasteiger partial charge in [0.1, 0.15) is 0 Å². The van der Waals surface area contributed by atoms with Crippen molar-refractivity contribution in [2.45, 2.75) is 38.5 Å². The Balaban J connectivity index is 1.59. The van der Waals surface area contributed by atoms with Crippen LogP contribution in [0.1, 0.15) is 38.5 Å². The number of carboxylic acid groups (broad SMARTS) is 1. The highest BCUT2D eigenvalue weighted by Crippen LogP contribution is 2.33. The quantitative estimate of drug-likeness (QED) is 0.733. The van der Waals surface area contributed by atoms with Gasteiger partial charge in [-0.2, -0.15) is 0 Å². The number of hydrogen-bond donors (Lipinski definition) is 2. The maximum atomic E-state index is 11.8. The lowest BCUT2D eigenvalue weighted by molar-refractivity contribution is -0.143. The van der Waals surface area contributed by atoms with E-state index in [1.165, 1.54) is 19.3 Å². The van der Waals surface area contributed by atoms with Crippen molar-refractivity contribution in [3.05, 3.63) is 0 Å². The van der Waals surface area contributed by atoms with E-state index in [-0.39, 0.29) is 11.9 Å². The van der Waals surface area contributed by atoms with E-state index in [1.54, 1.807) is 4.90 Å². The molecule has 0 aromatic carbocycles. The van der Waals surface area contributed by atoms with Gasteiger partial charge in [0.15, 0.2) is 0 Å². The Kier molecular flexibility index (Phi) is 4.44. The second-order valence-corrected chi connectivity index (χ2v) is 5.42. The summed E-state index contributed by atoms with van der Waals surface area (Å²) >= 11 is 0. The van der Waals surface area contributed by atoms with E-state index in [0.717, 1.165) is 18.9 Å². The largest absolute Gasteiger partial charge is 0.481 e. The number of aliphatic carboxylic acids is 1. The smallest absolute Gasteiger partial charge is 0.317 e. The molecule has 0 bridgehead atoms. The summed E-state index contributed by atoms with van der Waals surface area (Å²) in [5.74, 6) is -0.100. The molecule has 1 saturated carbocycles. The molecule has 5 heteroatoms. The third kappa shape index (κ3) is 3.89. The molecule has 0 radical (unpaired) electrons. The average Bonchev–Trinajstić information content (AvgIpc) is 3.18. The predicted octanol–water partition coefficient (Wildman–Crippen LogP) is 1.68. The summed E-state index contributed by atoms with van der Waals surface area (Å²) in [4.78, 5) is 24.3. The minimum Gasteiger partial charge on any atom is -0.481 e. The van der Waals surface area contributed by atoms with Crippen molar-refractivity contribution in [2.75, 3.05) is 19.6 Å². The van der Waals surface area contributed by atoms with Crippen molar-refractivity contribution in [1.82, 2.24) is 10.2 Å². The van der Waals surface area contributed by atoms with Gasteiger partial charge in [0, 0.05) is 19.6 Å². The molecule has 0 aromatic rings. The van der Waals surface area contributed by atoms with E-state index in [4.69, 9.17) is 5.11 Å². The van der Waals surface area contributed by atoms with Crippen LogP contribution in [-0.4, -0.2) is 41.6 Å². The average molecular weight is 254 g/mol. The first-order chi connectivity index (χ1) is 8.66. The van der Waals surface area contributed by atoms with Gasteiger partial charge in [-0.15, -0.1) is 0 Å². The Morgan fingerprint density at radius 1 is 1.17 bits per heavy atom. The number of nitrogens with one attached hydrogen (secondary N) is 1. The van der Waals surface area contributed by atoms with Gasteiger partial charge in [-0.05, 0) is 31.6 Å². The maximum Gasteiger partial charge on any atom is 0.317 e. The first kappa shape index (κ1) is 13.2. The predicted molar refractivity (Wildman–Crippen MR) is 67.3 cm³/mol. The number of likely N-dealkylation sites (tertiary alicyclic amines) is 1. The van der Waals surface area contributed by atoms with E-state index in [1.807, 2.05) is 0 Å². The number of rotatable bonds is 5. The van der Waals surface area contributed by atoms with Crippen LogP contribution in [0.3, 0.4) is 0 Å². The molecule has 1 aliphatic heterocycles. The fraction of sp³-hybridized carbons (Fsp3) is 0.846. The van der Waals surface area contributed by atoms with Gasteiger partial charge in [0.25, 0.3) is 0 Å². The topological polar surface area (TPSA) is 69.6 Å². The van der Waals surface area contributed by atoms with Crippen LogP contribution < -0.4 is 5.32 Å². The SMILES string of the molecule is O=C(O)C1CCN(C(=O)NCCCC2CC2)CC1. The molecule has 0 aromatic heterocycles. The van der Waals surface area contributed by atoms with Gasteiger partial charge >= 0.3 is 12.0 Å². The van der Waals surface area contributed by atoms with Crippen molar-refractivity contribution < 1.29 is 14.7 Å².